The minimum atomic E-state index is -0.344. The van der Waals surface area contributed by atoms with Gasteiger partial charge in [0.25, 0.3) is 0 Å². The Balaban J connectivity index is 2.39. The van der Waals surface area contributed by atoms with Crippen molar-refractivity contribution < 1.29 is 19.1 Å². The van der Waals surface area contributed by atoms with E-state index < -0.39 is 0 Å². The standard InChI is InChI=1S/C12H18O4/c1-15-11(13)7-5-10(9-3-4-9)6-8-12(14)16-2/h5,7,9-10H,3-4,6,8H2,1-2H3/b7-5-. The van der Waals surface area contributed by atoms with Crippen LogP contribution in [0.25, 0.3) is 0 Å². The van der Waals surface area contributed by atoms with Gasteiger partial charge in [-0.3, -0.25) is 4.79 Å². The molecule has 0 aromatic rings. The summed E-state index contributed by atoms with van der Waals surface area (Å²) in [5, 5.41) is 0. The van der Waals surface area contributed by atoms with Crippen molar-refractivity contribution in [1.82, 2.24) is 0 Å². The number of methoxy groups -OCH3 is 2. The van der Waals surface area contributed by atoms with Crippen molar-refractivity contribution in [3.8, 4) is 0 Å². The van der Waals surface area contributed by atoms with E-state index in [9.17, 15) is 9.59 Å². The summed E-state index contributed by atoms with van der Waals surface area (Å²) in [6.07, 6.45) is 6.80. The van der Waals surface area contributed by atoms with Crippen molar-refractivity contribution in [2.75, 3.05) is 14.2 Å². The quantitative estimate of drug-likeness (QED) is 0.511. The first-order chi connectivity index (χ1) is 7.67. The highest BCUT2D eigenvalue weighted by molar-refractivity contribution is 5.81. The molecular formula is C12H18O4. The van der Waals surface area contributed by atoms with E-state index in [1.54, 1.807) is 0 Å². The Kier molecular flexibility index (Phi) is 5.02. The van der Waals surface area contributed by atoms with Crippen LogP contribution in [-0.4, -0.2) is 26.2 Å². The monoisotopic (exact) mass is 226 g/mol. The molecule has 1 unspecified atom stereocenters. The van der Waals surface area contributed by atoms with Gasteiger partial charge in [0.05, 0.1) is 14.2 Å². The molecule has 1 aliphatic carbocycles. The number of ether oxygens (including phenoxy) is 2. The molecule has 90 valence electrons. The molecule has 16 heavy (non-hydrogen) atoms. The zero-order valence-corrected chi connectivity index (χ0v) is 9.77. The van der Waals surface area contributed by atoms with Crippen LogP contribution in [-0.2, 0) is 19.1 Å². The highest BCUT2D eigenvalue weighted by atomic mass is 16.5. The van der Waals surface area contributed by atoms with Gasteiger partial charge in [-0.1, -0.05) is 6.08 Å². The van der Waals surface area contributed by atoms with Gasteiger partial charge in [0.15, 0.2) is 0 Å². The Hall–Kier alpha value is -1.32. The fourth-order valence-electron chi connectivity index (χ4n) is 1.67. The number of allylic oxidation sites excluding steroid dienone is 1. The third-order valence-corrected chi connectivity index (χ3v) is 2.82. The predicted octanol–water partition coefficient (Wildman–Crippen LogP) is 1.69. The summed E-state index contributed by atoms with van der Waals surface area (Å²) in [6, 6.07) is 0. The number of rotatable bonds is 6. The number of carbonyl (C=O) groups is 2. The zero-order valence-electron chi connectivity index (χ0n) is 9.77. The van der Waals surface area contributed by atoms with Gasteiger partial charge in [-0.25, -0.2) is 4.79 Å². The molecule has 0 amide bonds. The molecular weight excluding hydrogens is 208 g/mol. The maximum atomic E-state index is 11.0. The summed E-state index contributed by atoms with van der Waals surface area (Å²) in [5.41, 5.74) is 0. The topological polar surface area (TPSA) is 52.6 Å². The molecule has 0 heterocycles. The van der Waals surface area contributed by atoms with E-state index in [-0.39, 0.29) is 17.9 Å². The van der Waals surface area contributed by atoms with E-state index in [1.165, 1.54) is 33.1 Å². The minimum absolute atomic E-state index is 0.197. The lowest BCUT2D eigenvalue weighted by atomic mass is 9.97. The van der Waals surface area contributed by atoms with Crippen LogP contribution in [0.5, 0.6) is 0 Å². The molecule has 4 heteroatoms. The molecule has 0 spiro atoms. The normalized spacial score (nSPS) is 17.1. The van der Waals surface area contributed by atoms with E-state index >= 15 is 0 Å². The van der Waals surface area contributed by atoms with Crippen LogP contribution in [0.3, 0.4) is 0 Å². The van der Waals surface area contributed by atoms with E-state index in [0.717, 1.165) is 6.42 Å². The molecule has 1 saturated carbocycles. The van der Waals surface area contributed by atoms with Gasteiger partial charge in [0, 0.05) is 12.5 Å². The lowest BCUT2D eigenvalue weighted by Gasteiger charge is -2.09. The summed E-state index contributed by atoms with van der Waals surface area (Å²) < 4.78 is 9.12. The van der Waals surface area contributed by atoms with Gasteiger partial charge >= 0.3 is 11.9 Å². The van der Waals surface area contributed by atoms with Crippen LogP contribution < -0.4 is 0 Å². The molecule has 0 radical (unpaired) electrons. The van der Waals surface area contributed by atoms with Gasteiger partial charge < -0.3 is 9.47 Å². The van der Waals surface area contributed by atoms with Gasteiger partial charge in [0.2, 0.25) is 0 Å². The summed E-state index contributed by atoms with van der Waals surface area (Å²) in [6.45, 7) is 0. The molecule has 0 aromatic heterocycles. The van der Waals surface area contributed by atoms with Crippen LogP contribution >= 0.6 is 0 Å². The molecule has 1 rings (SSSR count). The molecule has 1 atom stereocenters. The highest BCUT2D eigenvalue weighted by Crippen LogP contribution is 2.39. The second kappa shape index (κ2) is 6.30. The Labute approximate surface area is 95.6 Å². The maximum Gasteiger partial charge on any atom is 0.330 e. The molecule has 0 bridgehead atoms. The van der Waals surface area contributed by atoms with Gasteiger partial charge in [-0.15, -0.1) is 0 Å². The molecule has 0 aliphatic heterocycles. The van der Waals surface area contributed by atoms with Crippen LogP contribution in [0, 0.1) is 11.8 Å². The first-order valence-electron chi connectivity index (χ1n) is 5.50. The van der Waals surface area contributed by atoms with Crippen molar-refractivity contribution in [3.05, 3.63) is 12.2 Å². The van der Waals surface area contributed by atoms with Crippen LogP contribution in [0.1, 0.15) is 25.7 Å². The second-order valence-electron chi connectivity index (χ2n) is 4.00. The smallest absolute Gasteiger partial charge is 0.330 e. The SMILES string of the molecule is COC(=O)/C=C\C(CCC(=O)OC)C1CC1. The summed E-state index contributed by atoms with van der Waals surface area (Å²) in [4.78, 5) is 22.0. The van der Waals surface area contributed by atoms with E-state index in [4.69, 9.17) is 0 Å². The van der Waals surface area contributed by atoms with Crippen LogP contribution in [0.2, 0.25) is 0 Å². The Morgan fingerprint density at radius 3 is 2.50 bits per heavy atom. The van der Waals surface area contributed by atoms with E-state index in [2.05, 4.69) is 9.47 Å². The number of hydrogen-bond acceptors (Lipinski definition) is 4. The Bertz CT molecular complexity index is 279. The Morgan fingerprint density at radius 2 is 2.00 bits per heavy atom. The highest BCUT2D eigenvalue weighted by Gasteiger charge is 2.29. The van der Waals surface area contributed by atoms with Gasteiger partial charge in [0.1, 0.15) is 0 Å². The third kappa shape index (κ3) is 4.47. The lowest BCUT2D eigenvalue weighted by molar-refractivity contribution is -0.140. The Morgan fingerprint density at radius 1 is 1.31 bits per heavy atom. The number of esters is 2. The van der Waals surface area contributed by atoms with E-state index in [1.807, 2.05) is 6.08 Å². The van der Waals surface area contributed by atoms with Gasteiger partial charge in [-0.2, -0.15) is 0 Å². The van der Waals surface area contributed by atoms with Crippen molar-refractivity contribution in [2.24, 2.45) is 11.8 Å². The lowest BCUT2D eigenvalue weighted by Crippen LogP contribution is -2.07. The van der Waals surface area contributed by atoms with Crippen molar-refractivity contribution in [2.45, 2.75) is 25.7 Å². The van der Waals surface area contributed by atoms with Gasteiger partial charge in [-0.05, 0) is 31.1 Å². The third-order valence-electron chi connectivity index (χ3n) is 2.82. The van der Waals surface area contributed by atoms with Crippen molar-refractivity contribution in [3.63, 3.8) is 0 Å². The van der Waals surface area contributed by atoms with Crippen molar-refractivity contribution in [1.29, 1.82) is 0 Å². The predicted molar refractivity (Wildman–Crippen MR) is 58.6 cm³/mol. The van der Waals surface area contributed by atoms with Crippen LogP contribution in [0.15, 0.2) is 12.2 Å². The minimum Gasteiger partial charge on any atom is -0.469 e. The molecule has 4 nitrogen and oxygen atoms in total. The molecule has 0 N–H and O–H groups in total. The summed E-state index contributed by atoms with van der Waals surface area (Å²) >= 11 is 0. The zero-order chi connectivity index (χ0) is 12.0. The van der Waals surface area contributed by atoms with E-state index in [0.29, 0.717) is 12.3 Å². The summed E-state index contributed by atoms with van der Waals surface area (Å²) in [7, 11) is 2.74. The van der Waals surface area contributed by atoms with Crippen LogP contribution in [0.4, 0.5) is 0 Å². The maximum absolute atomic E-state index is 11.0. The van der Waals surface area contributed by atoms with Crippen molar-refractivity contribution >= 4 is 11.9 Å². The molecule has 0 aromatic carbocycles. The molecule has 1 fully saturated rings. The first kappa shape index (κ1) is 12.7. The number of carbonyl (C=O) groups excluding carboxylic acids is 2. The second-order valence-corrected chi connectivity index (χ2v) is 4.00. The average Bonchev–Trinajstić information content (AvgIpc) is 3.12. The fraction of sp³-hybridized carbons (Fsp3) is 0.667. The molecule has 1 aliphatic rings. The average molecular weight is 226 g/mol. The fourth-order valence-corrected chi connectivity index (χ4v) is 1.67. The summed E-state index contributed by atoms with van der Waals surface area (Å²) in [5.74, 6) is 0.365. The number of hydrogen-bond donors (Lipinski definition) is 0. The largest absolute Gasteiger partial charge is 0.469 e. The first-order valence-corrected chi connectivity index (χ1v) is 5.50. The molecule has 0 saturated heterocycles.